The number of piperazine rings is 1. The molecule has 8 heteroatoms. The van der Waals surface area contributed by atoms with E-state index in [-0.39, 0.29) is 11.3 Å². The summed E-state index contributed by atoms with van der Waals surface area (Å²) in [5, 5.41) is 0. The number of carbonyl (C=O) groups is 1. The fraction of sp³-hybridized carbons (Fsp3) is 0.611. The fourth-order valence-corrected chi connectivity index (χ4v) is 4.89. The Morgan fingerprint density at radius 3 is 2.92 bits per heavy atom. The third-order valence-electron chi connectivity index (χ3n) is 5.90. The number of carbonyl (C=O) groups excluding carboxylic acids is 1. The predicted octanol–water partition coefficient (Wildman–Crippen LogP) is 2.05. The van der Waals surface area contributed by atoms with Crippen molar-refractivity contribution < 1.29 is 4.79 Å². The van der Waals surface area contributed by atoms with E-state index in [1.54, 1.807) is 6.20 Å². The summed E-state index contributed by atoms with van der Waals surface area (Å²) in [6.07, 6.45) is 5.57. The van der Waals surface area contributed by atoms with Gasteiger partial charge in [-0.3, -0.25) is 14.1 Å². The molecule has 4 heterocycles. The average Bonchev–Trinajstić information content (AvgIpc) is 2.94. The van der Waals surface area contributed by atoms with E-state index in [0.717, 1.165) is 30.7 Å². The van der Waals surface area contributed by atoms with Crippen LogP contribution >= 0.6 is 15.9 Å². The molecule has 26 heavy (non-hydrogen) atoms. The van der Waals surface area contributed by atoms with Gasteiger partial charge >= 0.3 is 0 Å². The van der Waals surface area contributed by atoms with Crippen LogP contribution in [0.15, 0.2) is 17.0 Å². The number of piperidine rings is 1. The van der Waals surface area contributed by atoms with E-state index in [1.165, 1.54) is 0 Å². The van der Waals surface area contributed by atoms with Gasteiger partial charge in [-0.2, -0.15) is 0 Å². The van der Waals surface area contributed by atoms with Crippen LogP contribution in [0.3, 0.4) is 0 Å². The Kier molecular flexibility index (Phi) is 4.23. The maximum absolute atomic E-state index is 12.8. The van der Waals surface area contributed by atoms with E-state index in [9.17, 15) is 4.79 Å². The summed E-state index contributed by atoms with van der Waals surface area (Å²) < 4.78 is 2.72. The molecule has 0 spiro atoms. The number of rotatable bonds is 2. The Hall–Kier alpha value is -1.67. The smallest absolute Gasteiger partial charge is 0.237 e. The van der Waals surface area contributed by atoms with Crippen LogP contribution in [-0.4, -0.2) is 61.8 Å². The summed E-state index contributed by atoms with van der Waals surface area (Å²) in [4.78, 5) is 26.1. The lowest BCUT2D eigenvalue weighted by Gasteiger charge is -2.50. The molecule has 2 aliphatic rings. The Morgan fingerprint density at radius 2 is 2.19 bits per heavy atom. The highest BCUT2D eigenvalue weighted by Crippen LogP contribution is 2.39. The number of nitrogens with two attached hydrogens (primary N) is 1. The summed E-state index contributed by atoms with van der Waals surface area (Å²) in [7, 11) is 0. The van der Waals surface area contributed by atoms with Crippen molar-refractivity contribution in [3.63, 3.8) is 0 Å². The van der Waals surface area contributed by atoms with Gasteiger partial charge < -0.3 is 10.6 Å². The largest absolute Gasteiger partial charge is 0.382 e. The summed E-state index contributed by atoms with van der Waals surface area (Å²) >= 11 is 3.52. The maximum Gasteiger partial charge on any atom is 0.237 e. The lowest BCUT2D eigenvalue weighted by atomic mass is 9.77. The number of halogens is 1. The van der Waals surface area contributed by atoms with Gasteiger partial charge in [0.25, 0.3) is 0 Å². The number of amides is 1. The molecule has 2 aromatic rings. The van der Waals surface area contributed by atoms with Gasteiger partial charge in [-0.1, -0.05) is 6.92 Å². The number of imidazole rings is 1. The number of hydrogen-bond acceptors (Lipinski definition) is 5. The van der Waals surface area contributed by atoms with Crippen LogP contribution in [-0.2, 0) is 10.2 Å². The van der Waals surface area contributed by atoms with Gasteiger partial charge in [0.05, 0.1) is 6.54 Å². The number of anilines is 1. The highest BCUT2D eigenvalue weighted by molar-refractivity contribution is 9.10. The minimum Gasteiger partial charge on any atom is -0.382 e. The minimum absolute atomic E-state index is 0.213. The van der Waals surface area contributed by atoms with Crippen LogP contribution in [0.25, 0.3) is 5.52 Å². The Labute approximate surface area is 161 Å². The molecule has 1 amide bonds. The van der Waals surface area contributed by atoms with Crippen molar-refractivity contribution in [2.45, 2.75) is 51.1 Å². The summed E-state index contributed by atoms with van der Waals surface area (Å²) in [5.41, 5.74) is 6.62. The molecule has 0 bridgehead atoms. The van der Waals surface area contributed by atoms with E-state index in [1.807, 2.05) is 10.6 Å². The molecule has 2 fully saturated rings. The molecule has 2 atom stereocenters. The monoisotopic (exact) mass is 420 g/mol. The van der Waals surface area contributed by atoms with Crippen LogP contribution in [0.2, 0.25) is 0 Å². The molecule has 2 N–H and O–H groups in total. The fourth-order valence-electron chi connectivity index (χ4n) is 4.33. The molecule has 2 saturated heterocycles. The summed E-state index contributed by atoms with van der Waals surface area (Å²) in [6, 6.07) is 0.699. The molecule has 4 rings (SSSR count). The van der Waals surface area contributed by atoms with E-state index in [0.29, 0.717) is 35.6 Å². The van der Waals surface area contributed by atoms with Gasteiger partial charge in [0.2, 0.25) is 5.91 Å². The first-order valence-electron chi connectivity index (χ1n) is 9.12. The topological polar surface area (TPSA) is 79.8 Å². The predicted molar refractivity (Wildman–Crippen MR) is 104 cm³/mol. The summed E-state index contributed by atoms with van der Waals surface area (Å²) in [6.45, 7) is 8.67. The highest BCUT2D eigenvalue weighted by Gasteiger charge is 2.45. The second-order valence-electron chi connectivity index (χ2n) is 8.06. The van der Waals surface area contributed by atoms with Gasteiger partial charge in [-0.25, -0.2) is 9.97 Å². The molecule has 7 nitrogen and oxygen atoms in total. The van der Waals surface area contributed by atoms with Crippen LogP contribution in [0.5, 0.6) is 0 Å². The van der Waals surface area contributed by atoms with E-state index >= 15 is 0 Å². The average molecular weight is 421 g/mol. The van der Waals surface area contributed by atoms with E-state index in [2.05, 4.69) is 51.5 Å². The Balaban J connectivity index is 1.68. The zero-order valence-corrected chi connectivity index (χ0v) is 17.0. The van der Waals surface area contributed by atoms with E-state index < -0.39 is 0 Å². The van der Waals surface area contributed by atoms with Crippen molar-refractivity contribution in [3.05, 3.63) is 22.8 Å². The number of nitrogens with zero attached hydrogens (tertiary/aromatic N) is 5. The van der Waals surface area contributed by atoms with Gasteiger partial charge in [-0.05, 0) is 42.6 Å². The van der Waals surface area contributed by atoms with E-state index in [4.69, 9.17) is 10.7 Å². The molecule has 2 aromatic heterocycles. The maximum atomic E-state index is 12.8. The minimum atomic E-state index is -0.213. The second-order valence-corrected chi connectivity index (χ2v) is 8.81. The molecule has 0 aliphatic carbocycles. The van der Waals surface area contributed by atoms with Gasteiger partial charge in [-0.15, -0.1) is 0 Å². The molecule has 140 valence electrons. The second kappa shape index (κ2) is 6.20. The number of aromatic nitrogens is 3. The van der Waals surface area contributed by atoms with Crippen molar-refractivity contribution in [2.75, 3.05) is 25.4 Å². The summed E-state index contributed by atoms with van der Waals surface area (Å²) in [5.74, 6) is 1.62. The van der Waals surface area contributed by atoms with Gasteiger partial charge in [0, 0.05) is 43.0 Å². The molecule has 0 unspecified atom stereocenters. The molecular formula is C18H25BrN6O. The number of hydrogen-bond donors (Lipinski definition) is 1. The number of nitrogen functional groups attached to an aromatic ring is 1. The molecular weight excluding hydrogens is 396 g/mol. The van der Waals surface area contributed by atoms with Gasteiger partial charge in [0.1, 0.15) is 15.9 Å². The van der Waals surface area contributed by atoms with Crippen molar-refractivity contribution in [1.82, 2.24) is 24.2 Å². The highest BCUT2D eigenvalue weighted by atomic mass is 79.9. The quantitative estimate of drug-likeness (QED) is 0.803. The first-order chi connectivity index (χ1) is 12.3. The molecule has 2 aliphatic heterocycles. The SMILES string of the molecule is CC(C)N1CC(=O)N2C[C@@](C)(c3nc(Br)c4c(N)nccn34)CC[C@@H]2C1. The third-order valence-corrected chi connectivity index (χ3v) is 6.46. The first-order valence-corrected chi connectivity index (χ1v) is 9.91. The van der Waals surface area contributed by atoms with Crippen molar-refractivity contribution in [3.8, 4) is 0 Å². The normalized spacial score (nSPS) is 27.3. The lowest BCUT2D eigenvalue weighted by Crippen LogP contribution is -2.63. The first kappa shape index (κ1) is 17.7. The van der Waals surface area contributed by atoms with Crippen LogP contribution in [0.4, 0.5) is 5.82 Å². The zero-order chi connectivity index (χ0) is 18.6. The van der Waals surface area contributed by atoms with Crippen LogP contribution < -0.4 is 5.73 Å². The van der Waals surface area contributed by atoms with Crippen LogP contribution in [0.1, 0.15) is 39.4 Å². The van der Waals surface area contributed by atoms with Crippen molar-refractivity contribution >= 4 is 33.2 Å². The standard InChI is InChI=1S/C18H25BrN6O/c1-11(2)23-8-12-4-5-18(3,10-25(12)13(26)9-23)17-22-15(19)14-16(20)21-6-7-24(14)17/h6-7,11-12H,4-5,8-10H2,1-3H3,(H2,20,21)/t12-,18+/m1/s1. The van der Waals surface area contributed by atoms with Crippen LogP contribution in [0, 0.1) is 0 Å². The molecule has 0 saturated carbocycles. The Bertz CT molecular complexity index is 865. The van der Waals surface area contributed by atoms with Crippen molar-refractivity contribution in [2.24, 2.45) is 0 Å². The lowest BCUT2D eigenvalue weighted by molar-refractivity contribution is -0.144. The molecule has 0 aromatic carbocycles. The van der Waals surface area contributed by atoms with Gasteiger partial charge in [0.15, 0.2) is 5.82 Å². The molecule has 0 radical (unpaired) electrons. The third kappa shape index (κ3) is 2.70. The van der Waals surface area contributed by atoms with Crippen molar-refractivity contribution in [1.29, 1.82) is 0 Å². The number of fused-ring (bicyclic) bond motifs is 2. The Morgan fingerprint density at radius 1 is 1.42 bits per heavy atom. The zero-order valence-electron chi connectivity index (χ0n) is 15.4.